The van der Waals surface area contributed by atoms with Crippen molar-refractivity contribution in [2.75, 3.05) is 32.6 Å². The van der Waals surface area contributed by atoms with Gasteiger partial charge in [-0.3, -0.25) is 4.98 Å². The first kappa shape index (κ1) is 16.6. The number of rotatable bonds is 4. The molecule has 4 rings (SSSR count). The fourth-order valence-corrected chi connectivity index (χ4v) is 3.80. The van der Waals surface area contributed by atoms with Gasteiger partial charge in [-0.1, -0.05) is 0 Å². The molecule has 0 aliphatic carbocycles. The summed E-state index contributed by atoms with van der Waals surface area (Å²) in [4.78, 5) is 13.0. The molecule has 0 amide bonds. The Bertz CT molecular complexity index is 949. The largest absolute Gasteiger partial charge is 0.438 e. The topological polar surface area (TPSA) is 41.5 Å². The fourth-order valence-electron chi connectivity index (χ4n) is 3.07. The Morgan fingerprint density at radius 1 is 1.19 bits per heavy atom. The van der Waals surface area contributed by atoms with E-state index in [1.165, 1.54) is 16.8 Å². The van der Waals surface area contributed by atoms with Crippen LogP contribution in [0.2, 0.25) is 0 Å². The smallest absolute Gasteiger partial charge is 0.230 e. The molecular weight excluding hydrogens is 344 g/mol. The quantitative estimate of drug-likeness (QED) is 0.688. The molecule has 0 bridgehead atoms. The molecule has 26 heavy (non-hydrogen) atoms. The number of nitrogens with zero attached hydrogens (tertiary/aromatic N) is 4. The zero-order chi connectivity index (χ0) is 18.1. The van der Waals surface area contributed by atoms with E-state index in [4.69, 9.17) is 4.74 Å². The van der Waals surface area contributed by atoms with Crippen LogP contribution in [-0.2, 0) is 0 Å². The molecule has 2 aromatic heterocycles. The SMILES string of the molecule is CN(C)C=C1CN(C)c2ccc(Oc3csc(-c4ccncc4)n3)cc21. The molecule has 3 aromatic rings. The Hall–Kier alpha value is -2.86. The number of likely N-dealkylation sites (N-methyl/N-ethyl adjacent to an activating group) is 1. The van der Waals surface area contributed by atoms with Crippen LogP contribution in [0.1, 0.15) is 5.56 Å². The molecule has 0 N–H and O–H groups in total. The third-order valence-electron chi connectivity index (χ3n) is 4.18. The van der Waals surface area contributed by atoms with Gasteiger partial charge < -0.3 is 14.5 Å². The van der Waals surface area contributed by atoms with E-state index in [1.807, 2.05) is 37.7 Å². The van der Waals surface area contributed by atoms with Crippen LogP contribution in [0, 0.1) is 0 Å². The van der Waals surface area contributed by atoms with Gasteiger partial charge in [-0.2, -0.15) is 0 Å². The van der Waals surface area contributed by atoms with E-state index >= 15 is 0 Å². The Balaban J connectivity index is 1.60. The summed E-state index contributed by atoms with van der Waals surface area (Å²) < 4.78 is 6.02. The van der Waals surface area contributed by atoms with E-state index in [-0.39, 0.29) is 0 Å². The average molecular weight is 364 g/mol. The second-order valence-electron chi connectivity index (χ2n) is 6.48. The molecule has 0 unspecified atom stereocenters. The summed E-state index contributed by atoms with van der Waals surface area (Å²) in [5.74, 6) is 1.42. The summed E-state index contributed by atoms with van der Waals surface area (Å²) in [6.07, 6.45) is 5.70. The highest BCUT2D eigenvalue weighted by Gasteiger charge is 2.22. The first-order valence-electron chi connectivity index (χ1n) is 8.36. The van der Waals surface area contributed by atoms with E-state index < -0.39 is 0 Å². The Morgan fingerprint density at radius 3 is 2.77 bits per heavy atom. The van der Waals surface area contributed by atoms with Gasteiger partial charge in [-0.25, -0.2) is 4.98 Å². The first-order chi connectivity index (χ1) is 12.6. The van der Waals surface area contributed by atoms with Gasteiger partial charge in [0.1, 0.15) is 10.8 Å². The van der Waals surface area contributed by atoms with Crippen molar-refractivity contribution in [1.29, 1.82) is 0 Å². The fraction of sp³-hybridized carbons (Fsp3) is 0.200. The lowest BCUT2D eigenvalue weighted by Crippen LogP contribution is -2.13. The monoisotopic (exact) mass is 364 g/mol. The zero-order valence-corrected chi connectivity index (χ0v) is 15.8. The predicted octanol–water partition coefficient (Wildman–Crippen LogP) is 4.35. The third-order valence-corrected chi connectivity index (χ3v) is 5.05. The molecule has 0 spiro atoms. The van der Waals surface area contributed by atoms with Gasteiger partial charge in [0.15, 0.2) is 0 Å². The van der Waals surface area contributed by atoms with Crippen LogP contribution in [0.25, 0.3) is 16.1 Å². The minimum Gasteiger partial charge on any atom is -0.438 e. The maximum Gasteiger partial charge on any atom is 0.230 e. The van der Waals surface area contributed by atoms with Gasteiger partial charge in [0.25, 0.3) is 0 Å². The summed E-state index contributed by atoms with van der Waals surface area (Å²) in [6.45, 7) is 0.903. The minimum absolute atomic E-state index is 0.617. The van der Waals surface area contributed by atoms with Crippen molar-refractivity contribution in [3.63, 3.8) is 0 Å². The van der Waals surface area contributed by atoms with Crippen LogP contribution in [0.15, 0.2) is 54.3 Å². The van der Waals surface area contributed by atoms with Crippen molar-refractivity contribution in [2.45, 2.75) is 0 Å². The molecule has 1 aliphatic rings. The Kier molecular flexibility index (Phi) is 4.34. The number of aromatic nitrogens is 2. The van der Waals surface area contributed by atoms with Gasteiger partial charge in [0.2, 0.25) is 5.88 Å². The second-order valence-corrected chi connectivity index (χ2v) is 7.34. The highest BCUT2D eigenvalue weighted by atomic mass is 32.1. The summed E-state index contributed by atoms with van der Waals surface area (Å²) >= 11 is 1.57. The number of fused-ring (bicyclic) bond motifs is 1. The van der Waals surface area contributed by atoms with Crippen molar-refractivity contribution in [1.82, 2.24) is 14.9 Å². The molecule has 5 nitrogen and oxygen atoms in total. The van der Waals surface area contributed by atoms with Crippen molar-refractivity contribution in [3.05, 3.63) is 59.9 Å². The highest BCUT2D eigenvalue weighted by molar-refractivity contribution is 7.13. The van der Waals surface area contributed by atoms with Gasteiger partial charge in [-0.15, -0.1) is 11.3 Å². The van der Waals surface area contributed by atoms with Gasteiger partial charge in [0.05, 0.1) is 5.38 Å². The van der Waals surface area contributed by atoms with E-state index in [1.54, 1.807) is 23.7 Å². The lowest BCUT2D eigenvalue weighted by molar-refractivity contribution is 0.467. The molecule has 1 aromatic carbocycles. The molecule has 0 radical (unpaired) electrons. The van der Waals surface area contributed by atoms with Gasteiger partial charge in [0, 0.05) is 63.1 Å². The average Bonchev–Trinajstić information content (AvgIpc) is 3.21. The van der Waals surface area contributed by atoms with Gasteiger partial charge in [-0.05, 0) is 35.9 Å². The lowest BCUT2D eigenvalue weighted by Gasteiger charge is -2.11. The summed E-state index contributed by atoms with van der Waals surface area (Å²) in [5.41, 5.74) is 4.77. The van der Waals surface area contributed by atoms with E-state index in [2.05, 4.69) is 45.1 Å². The van der Waals surface area contributed by atoms with Crippen LogP contribution in [0.4, 0.5) is 5.69 Å². The molecule has 0 fully saturated rings. The molecular formula is C20H20N4OS. The summed E-state index contributed by atoms with van der Waals surface area (Å²) in [7, 11) is 6.19. The summed E-state index contributed by atoms with van der Waals surface area (Å²) in [6, 6.07) is 10.1. The lowest BCUT2D eigenvalue weighted by atomic mass is 10.1. The van der Waals surface area contributed by atoms with Crippen molar-refractivity contribution in [2.24, 2.45) is 0 Å². The summed E-state index contributed by atoms with van der Waals surface area (Å²) in [5, 5.41) is 2.86. The minimum atomic E-state index is 0.617. The van der Waals surface area contributed by atoms with Crippen LogP contribution < -0.4 is 9.64 Å². The molecule has 6 heteroatoms. The van der Waals surface area contributed by atoms with Crippen LogP contribution in [-0.4, -0.2) is 42.6 Å². The molecule has 132 valence electrons. The Morgan fingerprint density at radius 2 is 2.00 bits per heavy atom. The molecule has 0 saturated heterocycles. The van der Waals surface area contributed by atoms with Crippen molar-refractivity contribution in [3.8, 4) is 22.2 Å². The number of anilines is 1. The normalized spacial score (nSPS) is 14.6. The van der Waals surface area contributed by atoms with Crippen molar-refractivity contribution >= 4 is 22.6 Å². The second kappa shape index (κ2) is 6.80. The number of pyridine rings is 1. The van der Waals surface area contributed by atoms with Gasteiger partial charge >= 0.3 is 0 Å². The molecule has 0 saturated carbocycles. The maximum atomic E-state index is 6.02. The van der Waals surface area contributed by atoms with E-state index in [0.29, 0.717) is 5.88 Å². The predicted molar refractivity (Wildman–Crippen MR) is 107 cm³/mol. The van der Waals surface area contributed by atoms with E-state index in [9.17, 15) is 0 Å². The van der Waals surface area contributed by atoms with E-state index in [0.717, 1.165) is 22.9 Å². The van der Waals surface area contributed by atoms with Crippen LogP contribution >= 0.6 is 11.3 Å². The standard InChI is InChI=1S/C20H20N4OS/c1-23(2)11-15-12-24(3)18-5-4-16(10-17(15)18)25-19-13-26-20(22-19)14-6-8-21-9-7-14/h4-11,13H,12H2,1-3H3. The number of hydrogen-bond donors (Lipinski definition) is 0. The highest BCUT2D eigenvalue weighted by Crippen LogP contribution is 2.38. The van der Waals surface area contributed by atoms with Crippen LogP contribution in [0.3, 0.4) is 0 Å². The third kappa shape index (κ3) is 3.28. The maximum absolute atomic E-state index is 6.02. The molecule has 0 atom stereocenters. The van der Waals surface area contributed by atoms with Crippen molar-refractivity contribution < 1.29 is 4.74 Å². The zero-order valence-electron chi connectivity index (χ0n) is 15.0. The number of benzene rings is 1. The number of thiazole rings is 1. The Labute approximate surface area is 157 Å². The number of hydrogen-bond acceptors (Lipinski definition) is 6. The number of ether oxygens (including phenoxy) is 1. The first-order valence-corrected chi connectivity index (χ1v) is 9.24. The van der Waals surface area contributed by atoms with Crippen LogP contribution in [0.5, 0.6) is 11.6 Å². The molecule has 3 heterocycles. The molecule has 1 aliphatic heterocycles.